The number of carbonyl (C=O) groups excluding carboxylic acids is 2. The van der Waals surface area contributed by atoms with Crippen molar-refractivity contribution >= 4 is 17.9 Å². The number of aliphatic hydroxyl groups is 1. The summed E-state index contributed by atoms with van der Waals surface area (Å²) in [5, 5.41) is 23.5. The molecule has 1 heterocycles. The van der Waals surface area contributed by atoms with Crippen molar-refractivity contribution < 1.29 is 24.6 Å². The molecular weight excluding hydrogens is 266 g/mol. The fourth-order valence-corrected chi connectivity index (χ4v) is 2.01. The molecule has 0 aromatic carbocycles. The van der Waals surface area contributed by atoms with E-state index in [1.807, 2.05) is 6.92 Å². The lowest BCUT2D eigenvalue weighted by atomic mass is 10.2. The van der Waals surface area contributed by atoms with Gasteiger partial charge < -0.3 is 25.7 Å². The Morgan fingerprint density at radius 1 is 1.40 bits per heavy atom. The summed E-state index contributed by atoms with van der Waals surface area (Å²) in [4.78, 5) is 35.6. The Morgan fingerprint density at radius 2 is 2.05 bits per heavy atom. The topological polar surface area (TPSA) is 119 Å². The number of carboxylic acids is 1. The van der Waals surface area contributed by atoms with Crippen LogP contribution in [0.25, 0.3) is 0 Å². The van der Waals surface area contributed by atoms with Gasteiger partial charge in [0.15, 0.2) is 0 Å². The molecule has 1 rings (SSSR count). The highest BCUT2D eigenvalue weighted by Crippen LogP contribution is 2.18. The van der Waals surface area contributed by atoms with Crippen LogP contribution in [0.15, 0.2) is 0 Å². The number of aliphatic hydroxyl groups excluding tert-OH is 1. The summed E-state index contributed by atoms with van der Waals surface area (Å²) in [6.07, 6.45) is -0.0728. The molecule has 0 spiro atoms. The molecule has 4 N–H and O–H groups in total. The van der Waals surface area contributed by atoms with Crippen molar-refractivity contribution in [2.45, 2.75) is 44.9 Å². The third-order valence-electron chi connectivity index (χ3n) is 3.11. The molecule has 8 nitrogen and oxygen atoms in total. The van der Waals surface area contributed by atoms with E-state index in [1.54, 1.807) is 0 Å². The van der Waals surface area contributed by atoms with Crippen LogP contribution in [0.3, 0.4) is 0 Å². The van der Waals surface area contributed by atoms with Crippen LogP contribution in [0.1, 0.15) is 26.7 Å². The predicted octanol–water partition coefficient (Wildman–Crippen LogP) is -0.869. The Bertz CT molecular complexity index is 387. The van der Waals surface area contributed by atoms with E-state index in [0.29, 0.717) is 6.54 Å². The Balaban J connectivity index is 2.57. The van der Waals surface area contributed by atoms with Gasteiger partial charge in [-0.3, -0.25) is 4.79 Å². The molecule has 0 aromatic rings. The maximum atomic E-state index is 12.0. The highest BCUT2D eigenvalue weighted by molar-refractivity contribution is 5.88. The van der Waals surface area contributed by atoms with Crippen molar-refractivity contribution in [2.24, 2.45) is 0 Å². The average Bonchev–Trinajstić information content (AvgIpc) is 2.78. The molecule has 0 saturated carbocycles. The van der Waals surface area contributed by atoms with E-state index in [-0.39, 0.29) is 18.9 Å². The van der Waals surface area contributed by atoms with Crippen LogP contribution in [-0.2, 0) is 9.59 Å². The number of amides is 3. The number of hydrogen-bond donors (Lipinski definition) is 4. The first-order valence-electron chi connectivity index (χ1n) is 6.62. The largest absolute Gasteiger partial charge is 0.480 e. The Labute approximate surface area is 117 Å². The number of carboxylic acid groups (broad SMARTS) is 1. The first-order chi connectivity index (χ1) is 9.36. The first-order valence-corrected chi connectivity index (χ1v) is 6.62. The second kappa shape index (κ2) is 7.09. The minimum atomic E-state index is -1.17. The standard InChI is InChI=1S/C12H21N3O5/c1-3-4-13-10(17)7(2)14-12(20)15-6-8(16)5-9(15)11(18)19/h7-9,16H,3-6H2,1-2H3,(H,13,17)(H,14,20)(H,18,19)/t7?,8?,9-/m0/s1. The average molecular weight is 287 g/mol. The van der Waals surface area contributed by atoms with Crippen LogP contribution >= 0.6 is 0 Å². The van der Waals surface area contributed by atoms with Gasteiger partial charge in [-0.1, -0.05) is 6.92 Å². The number of nitrogens with zero attached hydrogens (tertiary/aromatic N) is 1. The van der Waals surface area contributed by atoms with Crippen molar-refractivity contribution in [3.8, 4) is 0 Å². The highest BCUT2D eigenvalue weighted by atomic mass is 16.4. The van der Waals surface area contributed by atoms with Crippen LogP contribution in [0.4, 0.5) is 4.79 Å². The van der Waals surface area contributed by atoms with E-state index in [4.69, 9.17) is 5.11 Å². The number of β-amino-alcohol motifs (C(OH)–C–C–N with tert-alkyl or cyclic N) is 1. The highest BCUT2D eigenvalue weighted by Gasteiger charge is 2.39. The fraction of sp³-hybridized carbons (Fsp3) is 0.750. The molecule has 1 aliphatic heterocycles. The fourth-order valence-electron chi connectivity index (χ4n) is 2.01. The van der Waals surface area contributed by atoms with Crippen LogP contribution in [0.2, 0.25) is 0 Å². The first kappa shape index (κ1) is 16.2. The summed E-state index contributed by atoms with van der Waals surface area (Å²) >= 11 is 0. The van der Waals surface area contributed by atoms with Crippen molar-refractivity contribution in [1.29, 1.82) is 0 Å². The number of rotatable bonds is 5. The normalized spacial score (nSPS) is 23.2. The van der Waals surface area contributed by atoms with E-state index >= 15 is 0 Å². The molecule has 1 fully saturated rings. The summed E-state index contributed by atoms with van der Waals surface area (Å²) in [6.45, 7) is 3.89. The maximum Gasteiger partial charge on any atom is 0.326 e. The zero-order chi connectivity index (χ0) is 15.3. The Morgan fingerprint density at radius 3 is 2.60 bits per heavy atom. The van der Waals surface area contributed by atoms with E-state index in [1.165, 1.54) is 6.92 Å². The number of carbonyl (C=O) groups is 3. The van der Waals surface area contributed by atoms with Crippen LogP contribution in [0.5, 0.6) is 0 Å². The van der Waals surface area contributed by atoms with Gasteiger partial charge in [-0.25, -0.2) is 9.59 Å². The van der Waals surface area contributed by atoms with Gasteiger partial charge in [0.25, 0.3) is 0 Å². The second-order valence-corrected chi connectivity index (χ2v) is 4.86. The molecule has 0 aliphatic carbocycles. The molecule has 0 aromatic heterocycles. The van der Waals surface area contributed by atoms with Gasteiger partial charge >= 0.3 is 12.0 Å². The van der Waals surface area contributed by atoms with E-state index in [9.17, 15) is 19.5 Å². The Hall–Kier alpha value is -1.83. The van der Waals surface area contributed by atoms with Crippen molar-refractivity contribution in [3.05, 3.63) is 0 Å². The summed E-state index contributed by atoms with van der Waals surface area (Å²) in [6, 6.07) is -2.48. The van der Waals surface area contributed by atoms with Gasteiger partial charge in [-0.15, -0.1) is 0 Å². The minimum Gasteiger partial charge on any atom is -0.480 e. The molecule has 0 bridgehead atoms. The third-order valence-corrected chi connectivity index (χ3v) is 3.11. The molecule has 1 aliphatic rings. The second-order valence-electron chi connectivity index (χ2n) is 4.86. The number of likely N-dealkylation sites (tertiary alicyclic amines) is 1. The maximum absolute atomic E-state index is 12.0. The van der Waals surface area contributed by atoms with Gasteiger partial charge in [0.1, 0.15) is 12.1 Å². The number of aliphatic carboxylic acids is 1. The summed E-state index contributed by atoms with van der Waals surface area (Å²) in [5.41, 5.74) is 0. The number of nitrogens with one attached hydrogen (secondary N) is 2. The van der Waals surface area contributed by atoms with Gasteiger partial charge in [-0.05, 0) is 13.3 Å². The van der Waals surface area contributed by atoms with E-state index in [2.05, 4.69) is 10.6 Å². The van der Waals surface area contributed by atoms with Gasteiger partial charge in [-0.2, -0.15) is 0 Å². The molecule has 2 unspecified atom stereocenters. The van der Waals surface area contributed by atoms with Crippen LogP contribution in [0, 0.1) is 0 Å². The quantitative estimate of drug-likeness (QED) is 0.524. The van der Waals surface area contributed by atoms with Crippen LogP contribution < -0.4 is 10.6 Å². The van der Waals surface area contributed by atoms with Gasteiger partial charge in [0.2, 0.25) is 5.91 Å². The van der Waals surface area contributed by atoms with Crippen molar-refractivity contribution in [3.63, 3.8) is 0 Å². The zero-order valence-corrected chi connectivity index (χ0v) is 11.6. The summed E-state index contributed by atoms with van der Waals surface area (Å²) < 4.78 is 0. The predicted molar refractivity (Wildman–Crippen MR) is 70.0 cm³/mol. The van der Waals surface area contributed by atoms with Gasteiger partial charge in [0, 0.05) is 19.5 Å². The van der Waals surface area contributed by atoms with E-state index < -0.39 is 30.2 Å². The Kier molecular flexibility index (Phi) is 5.75. The molecule has 3 atom stereocenters. The zero-order valence-electron chi connectivity index (χ0n) is 11.6. The van der Waals surface area contributed by atoms with Gasteiger partial charge in [0.05, 0.1) is 6.10 Å². The van der Waals surface area contributed by atoms with Crippen LogP contribution in [-0.4, -0.2) is 64.3 Å². The molecule has 1 saturated heterocycles. The molecule has 114 valence electrons. The summed E-state index contributed by atoms with van der Waals surface area (Å²) in [5.74, 6) is -1.49. The molecular formula is C12H21N3O5. The minimum absolute atomic E-state index is 0.000828. The molecule has 20 heavy (non-hydrogen) atoms. The lowest BCUT2D eigenvalue weighted by molar-refractivity contribution is -0.141. The number of hydrogen-bond acceptors (Lipinski definition) is 4. The van der Waals surface area contributed by atoms with Crippen molar-refractivity contribution in [2.75, 3.05) is 13.1 Å². The van der Waals surface area contributed by atoms with E-state index in [0.717, 1.165) is 11.3 Å². The monoisotopic (exact) mass is 287 g/mol. The lowest BCUT2D eigenvalue weighted by Crippen LogP contribution is -2.52. The smallest absolute Gasteiger partial charge is 0.326 e. The number of urea groups is 1. The third kappa shape index (κ3) is 4.09. The summed E-state index contributed by atoms with van der Waals surface area (Å²) in [7, 11) is 0. The SMILES string of the molecule is CCCNC(=O)C(C)NC(=O)N1CC(O)C[C@H]1C(=O)O. The molecule has 8 heteroatoms. The van der Waals surface area contributed by atoms with Crippen molar-refractivity contribution in [1.82, 2.24) is 15.5 Å². The molecule has 0 radical (unpaired) electrons. The molecule has 3 amide bonds. The lowest BCUT2D eigenvalue weighted by Gasteiger charge is -2.23.